The number of carbonyl (C=O) groups is 1. The Morgan fingerprint density at radius 3 is 1.53 bits per heavy atom. The van der Waals surface area contributed by atoms with Crippen LogP contribution in [0, 0.1) is 26.1 Å². The van der Waals surface area contributed by atoms with E-state index in [0.717, 1.165) is 5.56 Å². The molecule has 0 spiro atoms. The number of sulfonamides is 1. The fourth-order valence-electron chi connectivity index (χ4n) is 5.19. The van der Waals surface area contributed by atoms with E-state index in [4.69, 9.17) is 27.6 Å². The van der Waals surface area contributed by atoms with Gasteiger partial charge in [0.1, 0.15) is 27.0 Å². The molecule has 0 saturated carbocycles. The quantitative estimate of drug-likeness (QED) is 0.0394. The van der Waals surface area contributed by atoms with E-state index < -0.39 is 45.5 Å². The second kappa shape index (κ2) is 25.9. The molecule has 0 saturated heterocycles. The second-order valence-electron chi connectivity index (χ2n) is 11.7. The van der Waals surface area contributed by atoms with Crippen molar-refractivity contribution in [3.63, 3.8) is 0 Å². The summed E-state index contributed by atoms with van der Waals surface area (Å²) in [6.45, 7) is 10.8. The smallest absolute Gasteiger partial charge is 0.409 e. The fourth-order valence-corrected chi connectivity index (χ4v) is 10.8. The van der Waals surface area contributed by atoms with Crippen LogP contribution in [0.25, 0.3) is 0 Å². The van der Waals surface area contributed by atoms with E-state index in [2.05, 4.69) is 17.1 Å². The van der Waals surface area contributed by atoms with E-state index in [1.807, 2.05) is 110 Å². The molecule has 5 aromatic carbocycles. The Balaban J connectivity index is 0.000000379. The van der Waals surface area contributed by atoms with Crippen molar-refractivity contribution in [3.05, 3.63) is 189 Å². The third-order valence-electron chi connectivity index (χ3n) is 7.82. The topological polar surface area (TPSA) is 157 Å². The fraction of sp³-hybridized carbons (Fsp3) is 0.140. The SMILES string of the molecule is COC(=O)C([C@H]1C=CC=CCC1)[S@@](=O)(=NS(=O)(=O)c1ccc(C)cc1)c1ccccc1.[C-]#[O+].[C-]#[O+].[Fe].c1ccc(OP(Oc2ccccc2)Oc2ccccc2)cc1. The van der Waals surface area contributed by atoms with E-state index in [1.165, 1.54) is 31.4 Å². The van der Waals surface area contributed by atoms with E-state index in [9.17, 15) is 17.4 Å². The van der Waals surface area contributed by atoms with Crippen LogP contribution in [0.3, 0.4) is 0 Å². The number of hydrogen-bond donors (Lipinski definition) is 0. The maximum atomic E-state index is 14.5. The molecule has 1 aliphatic rings. The van der Waals surface area contributed by atoms with Crippen LogP contribution in [-0.2, 0) is 55.7 Å². The number of ether oxygens (including phenoxy) is 1. The minimum Gasteiger partial charge on any atom is -0.409 e. The summed E-state index contributed by atoms with van der Waals surface area (Å²) >= 11 is 0. The molecule has 0 heterocycles. The van der Waals surface area contributed by atoms with Gasteiger partial charge >= 0.3 is 37.2 Å². The molecule has 0 aliphatic heterocycles. The predicted molar refractivity (Wildman–Crippen MR) is 216 cm³/mol. The van der Waals surface area contributed by atoms with Gasteiger partial charge in [0.2, 0.25) is 0 Å². The summed E-state index contributed by atoms with van der Waals surface area (Å²) in [7, 11) is -8.47. The first-order valence-corrected chi connectivity index (χ1v) is 21.2. The Bertz CT molecular complexity index is 2200. The summed E-state index contributed by atoms with van der Waals surface area (Å²) in [6, 6.07) is 42.7. The zero-order valence-corrected chi connectivity index (χ0v) is 35.0. The Hall–Kier alpha value is -5.22. The molecule has 0 N–H and O–H groups in total. The van der Waals surface area contributed by atoms with E-state index in [0.29, 0.717) is 30.1 Å². The summed E-state index contributed by atoms with van der Waals surface area (Å²) < 4.78 is 82.2. The van der Waals surface area contributed by atoms with Crippen LogP contribution in [-0.4, -0.2) is 31.0 Å². The van der Waals surface area contributed by atoms with Crippen LogP contribution in [0.15, 0.2) is 183 Å². The monoisotopic (exact) mass is 881 g/mol. The average molecular weight is 882 g/mol. The molecule has 0 bridgehead atoms. The Kier molecular flexibility index (Phi) is 21.9. The molecule has 11 nitrogen and oxygen atoms in total. The van der Waals surface area contributed by atoms with Crippen molar-refractivity contribution in [1.82, 2.24) is 0 Å². The molecule has 6 rings (SSSR count). The summed E-state index contributed by atoms with van der Waals surface area (Å²) in [4.78, 5) is 13.0. The van der Waals surface area contributed by atoms with Gasteiger partial charge in [-0.1, -0.05) is 115 Å². The Morgan fingerprint density at radius 1 is 0.672 bits per heavy atom. The molecular formula is C43H40FeNO10PS2. The number of allylic oxidation sites excluding steroid dienone is 4. The number of hydrogen-bond acceptors (Lipinski definition) is 8. The average Bonchev–Trinajstić information content (AvgIpc) is 3.53. The van der Waals surface area contributed by atoms with Crippen LogP contribution in [0.4, 0.5) is 0 Å². The van der Waals surface area contributed by atoms with Crippen LogP contribution < -0.4 is 13.6 Å². The maximum Gasteiger partial charge on any atom is 0.530 e. The minimum absolute atomic E-state index is 0. The zero-order valence-electron chi connectivity index (χ0n) is 31.4. The van der Waals surface area contributed by atoms with Crippen molar-refractivity contribution in [2.75, 3.05) is 7.11 Å². The van der Waals surface area contributed by atoms with Crippen molar-refractivity contribution in [2.45, 2.75) is 34.8 Å². The first-order chi connectivity index (χ1) is 27.7. The van der Waals surface area contributed by atoms with Crippen molar-refractivity contribution in [3.8, 4) is 17.2 Å². The van der Waals surface area contributed by atoms with Gasteiger partial charge in [0.05, 0.1) is 12.0 Å². The molecule has 302 valence electrons. The Morgan fingerprint density at radius 2 is 1.10 bits per heavy atom. The molecule has 0 radical (unpaired) electrons. The van der Waals surface area contributed by atoms with Crippen LogP contribution in [0.5, 0.6) is 17.2 Å². The second-order valence-corrected chi connectivity index (χ2v) is 16.8. The van der Waals surface area contributed by atoms with Gasteiger partial charge < -0.3 is 18.3 Å². The number of aryl methyl sites for hydroxylation is 1. The van der Waals surface area contributed by atoms with E-state index in [-0.39, 0.29) is 26.9 Å². The first kappa shape index (κ1) is 48.9. The van der Waals surface area contributed by atoms with E-state index in [1.54, 1.807) is 42.5 Å². The Labute approximate surface area is 352 Å². The molecule has 0 aromatic heterocycles. The van der Waals surface area contributed by atoms with Crippen LogP contribution >= 0.6 is 8.60 Å². The number of nitrogens with zero attached hydrogens (tertiary/aromatic N) is 1. The molecule has 0 amide bonds. The van der Waals surface area contributed by atoms with Gasteiger partial charge in [-0.15, -0.1) is 3.77 Å². The number of esters is 1. The van der Waals surface area contributed by atoms with Gasteiger partial charge in [0.15, 0.2) is 5.25 Å². The molecule has 1 aliphatic carbocycles. The number of carbonyl (C=O) groups excluding carboxylic acids is 1. The predicted octanol–water partition coefficient (Wildman–Crippen LogP) is 9.65. The summed E-state index contributed by atoms with van der Waals surface area (Å²) in [6.07, 6.45) is 8.49. The summed E-state index contributed by atoms with van der Waals surface area (Å²) in [5.74, 6) is 0.863. The van der Waals surface area contributed by atoms with E-state index >= 15 is 0 Å². The molecule has 0 fully saturated rings. The molecule has 1 unspecified atom stereocenters. The van der Waals surface area contributed by atoms with Crippen molar-refractivity contribution in [2.24, 2.45) is 9.69 Å². The third-order valence-corrected chi connectivity index (χ3v) is 13.6. The van der Waals surface area contributed by atoms with Gasteiger partial charge in [0.25, 0.3) is 10.0 Å². The largest absolute Gasteiger partial charge is 0.530 e. The van der Waals surface area contributed by atoms with Crippen LogP contribution in [0.1, 0.15) is 18.4 Å². The number of methoxy groups -OCH3 is 1. The molecular weight excluding hydrogens is 841 g/mol. The number of benzene rings is 5. The van der Waals surface area contributed by atoms with Gasteiger partial charge in [-0.3, -0.25) is 4.79 Å². The summed E-state index contributed by atoms with van der Waals surface area (Å²) in [5, 5.41) is -1.28. The van der Waals surface area contributed by atoms with Crippen molar-refractivity contribution >= 4 is 34.3 Å². The first-order valence-electron chi connectivity index (χ1n) is 17.1. The molecule has 15 heteroatoms. The van der Waals surface area contributed by atoms with Crippen LogP contribution in [0.2, 0.25) is 0 Å². The minimum atomic E-state index is -4.32. The van der Waals surface area contributed by atoms with Crippen molar-refractivity contribution in [1.29, 1.82) is 0 Å². The van der Waals surface area contributed by atoms with Gasteiger partial charge in [-0.05, 0) is 80.4 Å². The molecule has 3 atom stereocenters. The summed E-state index contributed by atoms with van der Waals surface area (Å²) in [5.41, 5.74) is 0.881. The molecule has 5 aromatic rings. The standard InChI is InChI=1S/C23H25NO5S2.C18H15O3P.2CO.Fe/c1-18-14-16-21(17-15-18)31(27,28)24-30(26,20-12-8-5-9-13-20)22(23(25)29-2)19-10-6-3-4-7-11-19;1-4-10-16(11-5-1)19-22(20-17-12-6-2-7-13-17)21-18-14-8-3-9-15-18;2*1-2;/h3-6,8-10,12-17,19,22H,7,11H2,1-2H3;1-15H;;;/t19-,22?,30+;;;;/m0..../s1. The number of para-hydroxylation sites is 3. The maximum absolute atomic E-state index is 14.5. The van der Waals surface area contributed by atoms with Crippen molar-refractivity contribution < 1.29 is 62.1 Å². The normalized spacial score (nSPS) is 14.2. The third kappa shape index (κ3) is 14.9. The van der Waals surface area contributed by atoms with Gasteiger partial charge in [0, 0.05) is 27.9 Å². The zero-order chi connectivity index (χ0) is 41.5. The number of rotatable bonds is 12. The van der Waals surface area contributed by atoms with Gasteiger partial charge in [-0.25, -0.2) is 4.21 Å². The molecule has 58 heavy (non-hydrogen) atoms. The van der Waals surface area contributed by atoms with Gasteiger partial charge in [-0.2, -0.15) is 8.42 Å².